The van der Waals surface area contributed by atoms with Crippen molar-refractivity contribution in [1.29, 1.82) is 0 Å². The minimum atomic E-state index is -3.64. The van der Waals surface area contributed by atoms with Gasteiger partial charge in [-0.25, -0.2) is 4.57 Å². The molecule has 0 saturated carbocycles. The van der Waals surface area contributed by atoms with Gasteiger partial charge in [-0.3, -0.25) is 9.32 Å². The van der Waals surface area contributed by atoms with Crippen molar-refractivity contribution in [2.24, 2.45) is 0 Å². The van der Waals surface area contributed by atoms with Crippen LogP contribution >= 0.6 is 19.2 Å². The fourth-order valence-electron chi connectivity index (χ4n) is 2.49. The lowest BCUT2D eigenvalue weighted by Gasteiger charge is -2.31. The second-order valence-corrected chi connectivity index (χ2v) is 7.34. The highest BCUT2D eigenvalue weighted by molar-refractivity contribution is 7.56. The van der Waals surface area contributed by atoms with Crippen LogP contribution in [0.2, 0.25) is 5.02 Å². The van der Waals surface area contributed by atoms with Gasteiger partial charge < -0.3 is 4.52 Å². The molecule has 1 aliphatic heterocycles. The Labute approximate surface area is 133 Å². The Bertz CT molecular complexity index is 757. The number of fused-ring (bicyclic) bond motifs is 1. The molecule has 0 spiro atoms. The Morgan fingerprint density at radius 1 is 1.18 bits per heavy atom. The predicted octanol–water partition coefficient (Wildman–Crippen LogP) is 4.89. The standard InChI is InChI=1S/C16H14ClO4P/c1-2-20-22(19)16(11-7-9-12(17)10-8-11)15(18)13-5-3-4-6-14(13)21-22/h3-10,16H,2H2,1H3. The van der Waals surface area contributed by atoms with Gasteiger partial charge in [0.05, 0.1) is 12.2 Å². The lowest BCUT2D eigenvalue weighted by Crippen LogP contribution is -2.23. The average Bonchev–Trinajstić information content (AvgIpc) is 2.49. The van der Waals surface area contributed by atoms with E-state index in [4.69, 9.17) is 20.6 Å². The van der Waals surface area contributed by atoms with Crippen LogP contribution in [-0.4, -0.2) is 12.4 Å². The molecule has 0 aromatic heterocycles. The molecule has 0 bridgehead atoms. The summed E-state index contributed by atoms with van der Waals surface area (Å²) >= 11 is 5.88. The summed E-state index contributed by atoms with van der Waals surface area (Å²) in [4.78, 5) is 12.8. The maximum absolute atomic E-state index is 13.1. The Morgan fingerprint density at radius 3 is 2.55 bits per heavy atom. The van der Waals surface area contributed by atoms with Gasteiger partial charge in [0.25, 0.3) is 0 Å². The van der Waals surface area contributed by atoms with E-state index in [1.165, 1.54) is 0 Å². The molecular weight excluding hydrogens is 323 g/mol. The van der Waals surface area contributed by atoms with Gasteiger partial charge in [-0.15, -0.1) is 0 Å². The van der Waals surface area contributed by atoms with Crippen molar-refractivity contribution in [3.8, 4) is 5.75 Å². The highest BCUT2D eigenvalue weighted by Gasteiger charge is 2.48. The van der Waals surface area contributed by atoms with E-state index >= 15 is 0 Å². The van der Waals surface area contributed by atoms with Crippen LogP contribution in [0.4, 0.5) is 0 Å². The highest BCUT2D eigenvalue weighted by Crippen LogP contribution is 2.64. The van der Waals surface area contributed by atoms with Gasteiger partial charge in [0, 0.05) is 5.02 Å². The fourth-order valence-corrected chi connectivity index (χ4v) is 4.68. The Balaban J connectivity index is 2.14. The summed E-state index contributed by atoms with van der Waals surface area (Å²) < 4.78 is 24.1. The maximum atomic E-state index is 13.1. The van der Waals surface area contributed by atoms with Gasteiger partial charge >= 0.3 is 7.60 Å². The van der Waals surface area contributed by atoms with Gasteiger partial charge in [0.1, 0.15) is 5.75 Å². The van der Waals surface area contributed by atoms with Crippen LogP contribution in [0.3, 0.4) is 0 Å². The van der Waals surface area contributed by atoms with Crippen molar-refractivity contribution in [1.82, 2.24) is 0 Å². The van der Waals surface area contributed by atoms with E-state index in [0.717, 1.165) is 0 Å². The topological polar surface area (TPSA) is 52.6 Å². The van der Waals surface area contributed by atoms with E-state index in [9.17, 15) is 9.36 Å². The van der Waals surface area contributed by atoms with Gasteiger partial charge in [-0.2, -0.15) is 0 Å². The number of halogens is 1. The second-order valence-electron chi connectivity index (χ2n) is 4.86. The third-order valence-corrected chi connectivity index (χ3v) is 5.92. The van der Waals surface area contributed by atoms with E-state index in [-0.39, 0.29) is 12.4 Å². The van der Waals surface area contributed by atoms with E-state index in [2.05, 4.69) is 0 Å². The molecule has 1 heterocycles. The summed E-state index contributed by atoms with van der Waals surface area (Å²) in [5, 5.41) is 0.541. The first-order valence-electron chi connectivity index (χ1n) is 6.88. The summed E-state index contributed by atoms with van der Waals surface area (Å²) in [5.74, 6) is 0.0375. The molecule has 1 aliphatic rings. The number of Topliss-reactive ketones (excluding diaryl/α,β-unsaturated/α-hetero) is 1. The van der Waals surface area contributed by atoms with Crippen molar-refractivity contribution in [3.63, 3.8) is 0 Å². The monoisotopic (exact) mass is 336 g/mol. The Morgan fingerprint density at radius 2 is 1.86 bits per heavy atom. The van der Waals surface area contributed by atoms with Gasteiger partial charge in [-0.1, -0.05) is 35.9 Å². The summed E-state index contributed by atoms with van der Waals surface area (Å²) in [7, 11) is -3.64. The Kier molecular flexibility index (Phi) is 4.09. The molecule has 0 N–H and O–H groups in total. The van der Waals surface area contributed by atoms with Gasteiger partial charge in [-0.05, 0) is 36.8 Å². The minimum absolute atomic E-state index is 0.191. The summed E-state index contributed by atoms with van der Waals surface area (Å²) in [6.07, 6.45) is 0. The SMILES string of the molecule is CCOP1(=O)Oc2ccccc2C(=O)C1c1ccc(Cl)cc1. The largest absolute Gasteiger partial charge is 0.423 e. The first-order valence-corrected chi connectivity index (χ1v) is 8.86. The fraction of sp³-hybridized carbons (Fsp3) is 0.188. The summed E-state index contributed by atoms with van der Waals surface area (Å²) in [6.45, 7) is 1.91. The van der Waals surface area contributed by atoms with Crippen molar-refractivity contribution >= 4 is 25.0 Å². The minimum Gasteiger partial charge on any atom is -0.423 e. The number of hydrogen-bond donors (Lipinski definition) is 0. The van der Waals surface area contributed by atoms with Gasteiger partial charge in [0.15, 0.2) is 11.4 Å². The van der Waals surface area contributed by atoms with E-state index in [1.807, 2.05) is 0 Å². The number of benzene rings is 2. The average molecular weight is 337 g/mol. The quantitative estimate of drug-likeness (QED) is 0.749. The molecule has 0 amide bonds. The molecule has 6 heteroatoms. The normalized spacial score (nSPS) is 23.7. The first kappa shape index (κ1) is 15.3. The summed E-state index contributed by atoms with van der Waals surface area (Å²) in [5.41, 5.74) is 0.00827. The first-order chi connectivity index (χ1) is 10.5. The molecule has 4 nitrogen and oxygen atoms in total. The molecule has 0 fully saturated rings. The van der Waals surface area contributed by atoms with Crippen molar-refractivity contribution in [3.05, 3.63) is 64.7 Å². The molecule has 2 unspecified atom stereocenters. The molecule has 22 heavy (non-hydrogen) atoms. The molecular formula is C16H14ClO4P. The molecule has 2 atom stereocenters. The zero-order valence-electron chi connectivity index (χ0n) is 11.9. The van der Waals surface area contributed by atoms with Crippen LogP contribution in [0.25, 0.3) is 0 Å². The van der Waals surface area contributed by atoms with E-state index in [1.54, 1.807) is 55.5 Å². The number of para-hydroxylation sites is 1. The lowest BCUT2D eigenvalue weighted by molar-refractivity contribution is 0.0961. The molecule has 0 saturated heterocycles. The number of ketones is 1. The molecule has 0 radical (unpaired) electrons. The number of carbonyl (C=O) groups excluding carboxylic acids is 1. The molecule has 3 rings (SSSR count). The molecule has 0 aliphatic carbocycles. The molecule has 2 aromatic rings. The van der Waals surface area contributed by atoms with Crippen LogP contribution in [-0.2, 0) is 9.09 Å². The highest BCUT2D eigenvalue weighted by atomic mass is 35.5. The van der Waals surface area contributed by atoms with E-state index in [0.29, 0.717) is 21.9 Å². The van der Waals surface area contributed by atoms with E-state index < -0.39 is 13.3 Å². The predicted molar refractivity (Wildman–Crippen MR) is 84.8 cm³/mol. The second kappa shape index (κ2) is 5.88. The smallest absolute Gasteiger partial charge is 0.394 e. The molecule has 2 aromatic carbocycles. The van der Waals surface area contributed by atoms with Crippen LogP contribution in [0.5, 0.6) is 5.75 Å². The van der Waals surface area contributed by atoms with Crippen LogP contribution < -0.4 is 4.52 Å². The number of hydrogen-bond acceptors (Lipinski definition) is 4. The zero-order valence-corrected chi connectivity index (χ0v) is 13.5. The third kappa shape index (κ3) is 2.58. The third-order valence-electron chi connectivity index (χ3n) is 3.44. The van der Waals surface area contributed by atoms with Crippen LogP contribution in [0, 0.1) is 0 Å². The zero-order chi connectivity index (χ0) is 15.7. The maximum Gasteiger partial charge on any atom is 0.394 e. The molecule has 114 valence electrons. The lowest BCUT2D eigenvalue weighted by atomic mass is 10.0. The van der Waals surface area contributed by atoms with Crippen molar-refractivity contribution in [2.45, 2.75) is 12.6 Å². The van der Waals surface area contributed by atoms with Crippen molar-refractivity contribution < 1.29 is 18.4 Å². The van der Waals surface area contributed by atoms with Crippen LogP contribution in [0.15, 0.2) is 48.5 Å². The summed E-state index contributed by atoms with van der Waals surface area (Å²) in [6, 6.07) is 13.4. The van der Waals surface area contributed by atoms with Crippen LogP contribution in [0.1, 0.15) is 28.5 Å². The van der Waals surface area contributed by atoms with Gasteiger partial charge in [0.2, 0.25) is 0 Å². The number of rotatable bonds is 3. The van der Waals surface area contributed by atoms with Crippen molar-refractivity contribution in [2.75, 3.05) is 6.61 Å². The Hall–Kier alpha value is -1.61. The number of carbonyl (C=O) groups is 1.